The lowest BCUT2D eigenvalue weighted by Gasteiger charge is -2.26. The van der Waals surface area contributed by atoms with Crippen LogP contribution in [0.3, 0.4) is 0 Å². The molecule has 0 aliphatic carbocycles. The van der Waals surface area contributed by atoms with Gasteiger partial charge in [-0.15, -0.1) is 0 Å². The molecule has 0 rings (SSSR count). The maximum atomic E-state index is 2.45. The summed E-state index contributed by atoms with van der Waals surface area (Å²) in [6.45, 7) is 28.4. The van der Waals surface area contributed by atoms with Crippen LogP contribution in [-0.4, -0.2) is 73.9 Å². The topological polar surface area (TPSA) is 0 Å². The lowest BCUT2D eigenvalue weighted by molar-refractivity contribution is -0.00100. The highest BCUT2D eigenvalue weighted by Crippen LogP contribution is 2.61. The molecule has 0 saturated heterocycles. The summed E-state index contributed by atoms with van der Waals surface area (Å²) in [6, 6.07) is 0. The minimum Gasteiger partial charge on any atom is -1.00 e. The van der Waals surface area contributed by atoms with Crippen LogP contribution >= 0.6 is 21.8 Å². The molecule has 0 amide bonds. The van der Waals surface area contributed by atoms with Crippen molar-refractivity contribution in [1.82, 2.24) is 0 Å². The summed E-state index contributed by atoms with van der Waals surface area (Å²) < 4.78 is 0. The molecule has 0 aromatic heterocycles. The summed E-state index contributed by atoms with van der Waals surface area (Å²) in [7, 11) is -1.58. The van der Waals surface area contributed by atoms with Crippen molar-refractivity contribution in [2.75, 3.05) is 73.9 Å². The molecule has 0 unspecified atom stereocenters. The van der Waals surface area contributed by atoms with E-state index in [9.17, 15) is 0 Å². The van der Waals surface area contributed by atoms with E-state index in [1.165, 1.54) is 134 Å². The molecular weight excluding hydrogens is 704 g/mol. The maximum Gasteiger partial charge on any atom is 0.0594 e. The van der Waals surface area contributed by atoms with Gasteiger partial charge in [-0.3, -0.25) is 0 Å². The van der Waals surface area contributed by atoms with Crippen LogP contribution in [0, 0.1) is 0 Å². The molecule has 0 aliphatic rings. The molecule has 0 bridgehead atoms. The normalized spacial score (nSPS) is 11.2. The summed E-state index contributed by atoms with van der Waals surface area (Å²) in [4.78, 5) is 0. The van der Waals surface area contributed by atoms with E-state index in [1.807, 2.05) is 0 Å². The van der Waals surface area contributed by atoms with E-state index in [4.69, 9.17) is 0 Å². The van der Waals surface area contributed by atoms with Crippen molar-refractivity contribution >= 4 is 21.8 Å². The Labute approximate surface area is 329 Å². The second-order valence-electron chi connectivity index (χ2n) is 14.7. The predicted molar refractivity (Wildman–Crippen MR) is 230 cm³/mol. The highest BCUT2D eigenvalue weighted by molar-refractivity contribution is 7.76. The predicted octanol–water partition coefficient (Wildman–Crippen LogP) is 7.28. The molecule has 0 saturated carbocycles. The SMILES string of the molecule is CCCC[P+](CC)(CCCC)CCCC.CCCC[P+](CC)(CCCC)CCCC.CCCC[P+](CC)(CCCC)CCCC.[Cl-].[Cl-].[Cl-]. The van der Waals surface area contributed by atoms with E-state index < -0.39 is 21.8 Å². The number of rotatable bonds is 30. The summed E-state index contributed by atoms with van der Waals surface area (Å²) in [5.74, 6) is 0. The molecule has 0 spiro atoms. The Morgan fingerprint density at radius 2 is 0.312 bits per heavy atom. The zero-order valence-corrected chi connectivity index (χ0v) is 40.6. The zero-order chi connectivity index (χ0) is 34.7. The molecule has 0 aromatic rings. The van der Waals surface area contributed by atoms with Crippen LogP contribution < -0.4 is 37.2 Å². The average molecular weight is 801 g/mol. The Balaban J connectivity index is -0.000000134. The van der Waals surface area contributed by atoms with E-state index in [0.29, 0.717) is 0 Å². The van der Waals surface area contributed by atoms with E-state index in [2.05, 4.69) is 83.1 Å². The number of hydrogen-bond acceptors (Lipinski definition) is 0. The first-order valence-corrected chi connectivity index (χ1v) is 28.9. The van der Waals surface area contributed by atoms with Crippen LogP contribution in [0.15, 0.2) is 0 Å². The first kappa shape index (κ1) is 62.2. The molecule has 0 aliphatic heterocycles. The van der Waals surface area contributed by atoms with Crippen molar-refractivity contribution in [2.24, 2.45) is 0 Å². The number of hydrogen-bond donors (Lipinski definition) is 0. The number of halogens is 3. The van der Waals surface area contributed by atoms with Gasteiger partial charge in [-0.2, -0.15) is 0 Å². The molecule has 0 atom stereocenters. The standard InChI is InChI=1S/3C14H32P.3ClH/c3*1-5-9-12-15(8-4,13-10-6-2)14-11-7-3;;;/h3*5-14H2,1-4H3;3*1H/q3*+1;;;/p-3. The highest BCUT2D eigenvalue weighted by atomic mass is 35.5. The largest absolute Gasteiger partial charge is 1.00 e. The van der Waals surface area contributed by atoms with Gasteiger partial charge in [-0.1, -0.05) is 120 Å². The second kappa shape index (κ2) is 45.3. The second-order valence-corrected chi connectivity index (χ2v) is 28.6. The van der Waals surface area contributed by atoms with Gasteiger partial charge in [0.15, 0.2) is 0 Å². The van der Waals surface area contributed by atoms with Crippen molar-refractivity contribution in [1.29, 1.82) is 0 Å². The van der Waals surface area contributed by atoms with Crippen LogP contribution in [0.25, 0.3) is 0 Å². The van der Waals surface area contributed by atoms with Crippen molar-refractivity contribution in [3.8, 4) is 0 Å². The Morgan fingerprint density at radius 3 is 0.375 bits per heavy atom. The van der Waals surface area contributed by atoms with Gasteiger partial charge in [0.2, 0.25) is 0 Å². The highest BCUT2D eigenvalue weighted by Gasteiger charge is 2.34. The van der Waals surface area contributed by atoms with Gasteiger partial charge >= 0.3 is 0 Å². The minimum atomic E-state index is -0.527. The third kappa shape index (κ3) is 34.0. The monoisotopic (exact) mass is 799 g/mol. The summed E-state index contributed by atoms with van der Waals surface area (Å²) >= 11 is 0. The Bertz CT molecular complexity index is 421. The molecule has 0 nitrogen and oxygen atoms in total. The Hall–Kier alpha value is 2.16. The van der Waals surface area contributed by atoms with E-state index in [1.54, 1.807) is 55.5 Å². The molecule has 6 heteroatoms. The van der Waals surface area contributed by atoms with Crippen molar-refractivity contribution in [3.63, 3.8) is 0 Å². The molecule has 0 aromatic carbocycles. The Morgan fingerprint density at radius 1 is 0.208 bits per heavy atom. The van der Waals surface area contributed by atoms with Crippen LogP contribution in [0.2, 0.25) is 0 Å². The van der Waals surface area contributed by atoms with Crippen LogP contribution in [0.1, 0.15) is 199 Å². The van der Waals surface area contributed by atoms with Gasteiger partial charge in [0, 0.05) is 21.8 Å². The minimum absolute atomic E-state index is 0. The molecule has 0 fully saturated rings. The number of unbranched alkanes of at least 4 members (excludes halogenated alkanes) is 9. The third-order valence-corrected chi connectivity index (χ3v) is 26.3. The fourth-order valence-corrected chi connectivity index (χ4v) is 20.6. The van der Waals surface area contributed by atoms with E-state index in [0.717, 1.165) is 0 Å². The maximum absolute atomic E-state index is 2.45. The van der Waals surface area contributed by atoms with E-state index in [-0.39, 0.29) is 37.2 Å². The lowest BCUT2D eigenvalue weighted by atomic mass is 10.4. The van der Waals surface area contributed by atoms with Crippen molar-refractivity contribution in [2.45, 2.75) is 199 Å². The first-order valence-electron chi connectivity index (χ1n) is 21.3. The summed E-state index contributed by atoms with van der Waals surface area (Å²) in [5, 5.41) is 0. The molecule has 300 valence electrons. The van der Waals surface area contributed by atoms with Crippen LogP contribution in [-0.2, 0) is 0 Å². The van der Waals surface area contributed by atoms with Gasteiger partial charge in [0.25, 0.3) is 0 Å². The summed E-state index contributed by atoms with van der Waals surface area (Å²) in [6.07, 6.45) is 44.6. The molecule has 48 heavy (non-hydrogen) atoms. The molecule has 0 N–H and O–H groups in total. The van der Waals surface area contributed by atoms with Gasteiger partial charge in [0.1, 0.15) is 0 Å². The van der Waals surface area contributed by atoms with Crippen LogP contribution in [0.5, 0.6) is 0 Å². The fourth-order valence-electron chi connectivity index (χ4n) is 6.87. The average Bonchev–Trinajstić information content (AvgIpc) is 3.08. The van der Waals surface area contributed by atoms with Gasteiger partial charge in [-0.25, -0.2) is 0 Å². The van der Waals surface area contributed by atoms with Crippen molar-refractivity contribution in [3.05, 3.63) is 0 Å². The molecule has 0 heterocycles. The zero-order valence-electron chi connectivity index (χ0n) is 35.7. The van der Waals surface area contributed by atoms with Gasteiger partial charge < -0.3 is 37.2 Å². The molecular formula is C42H96Cl3P3. The smallest absolute Gasteiger partial charge is 0.0594 e. The van der Waals surface area contributed by atoms with Gasteiger partial charge in [0.05, 0.1) is 73.9 Å². The Kier molecular flexibility index (Phi) is 58.7. The van der Waals surface area contributed by atoms with Crippen molar-refractivity contribution < 1.29 is 37.2 Å². The fraction of sp³-hybridized carbons (Fsp3) is 1.00. The molecule has 0 radical (unpaired) electrons. The third-order valence-electron chi connectivity index (χ3n) is 10.9. The quantitative estimate of drug-likeness (QED) is 0.0671. The summed E-state index contributed by atoms with van der Waals surface area (Å²) in [5.41, 5.74) is 0. The van der Waals surface area contributed by atoms with E-state index >= 15 is 0 Å². The van der Waals surface area contributed by atoms with Crippen LogP contribution in [0.4, 0.5) is 0 Å². The van der Waals surface area contributed by atoms with Gasteiger partial charge in [-0.05, 0) is 78.6 Å². The lowest BCUT2D eigenvalue weighted by Crippen LogP contribution is -3.00. The first-order chi connectivity index (χ1) is 21.7.